The molecule has 2 aromatic rings. The molecule has 138 valence electrons. The summed E-state index contributed by atoms with van der Waals surface area (Å²) < 4.78 is 0. The van der Waals surface area contributed by atoms with E-state index in [4.69, 9.17) is 16.7 Å². The summed E-state index contributed by atoms with van der Waals surface area (Å²) in [5, 5.41) is 13.7. The van der Waals surface area contributed by atoms with E-state index in [1.54, 1.807) is 29.6 Å². The number of nitrogens with zero attached hydrogens (tertiary/aromatic N) is 2. The highest BCUT2D eigenvalue weighted by atomic mass is 35.5. The second-order valence-electron chi connectivity index (χ2n) is 5.80. The summed E-state index contributed by atoms with van der Waals surface area (Å²) in [6.07, 6.45) is -0.209. The van der Waals surface area contributed by atoms with Crippen molar-refractivity contribution >= 4 is 45.9 Å². The number of carboxylic acid groups (broad SMARTS) is 1. The SMILES string of the molecule is CC(C)N(CC(=O)Nc1nc(CC(=O)O)cs1)C(=O)c1ccc(Cl)cc1. The number of hydrogen-bond acceptors (Lipinski definition) is 5. The molecule has 0 fully saturated rings. The Morgan fingerprint density at radius 2 is 1.92 bits per heavy atom. The molecule has 0 spiro atoms. The van der Waals surface area contributed by atoms with Crippen LogP contribution in [-0.2, 0) is 16.0 Å². The first-order valence-electron chi connectivity index (χ1n) is 7.79. The van der Waals surface area contributed by atoms with E-state index in [0.717, 1.165) is 11.3 Å². The molecule has 2 amide bonds. The molecule has 0 atom stereocenters. The first-order valence-corrected chi connectivity index (χ1v) is 9.04. The number of hydrogen-bond donors (Lipinski definition) is 2. The summed E-state index contributed by atoms with van der Waals surface area (Å²) in [5.41, 5.74) is 0.810. The Morgan fingerprint density at radius 1 is 1.27 bits per heavy atom. The number of aliphatic carboxylic acids is 1. The molecular formula is C17H18ClN3O4S. The van der Waals surface area contributed by atoms with Gasteiger partial charge in [0, 0.05) is 22.0 Å². The van der Waals surface area contributed by atoms with Gasteiger partial charge in [-0.15, -0.1) is 11.3 Å². The number of halogens is 1. The van der Waals surface area contributed by atoms with Crippen molar-refractivity contribution in [3.8, 4) is 0 Å². The lowest BCUT2D eigenvalue weighted by Crippen LogP contribution is -2.42. The van der Waals surface area contributed by atoms with Gasteiger partial charge in [0.2, 0.25) is 5.91 Å². The largest absolute Gasteiger partial charge is 0.481 e. The van der Waals surface area contributed by atoms with Crippen LogP contribution in [0, 0.1) is 0 Å². The summed E-state index contributed by atoms with van der Waals surface area (Å²) in [5.74, 6) is -1.68. The van der Waals surface area contributed by atoms with E-state index < -0.39 is 11.9 Å². The molecule has 2 rings (SSSR count). The van der Waals surface area contributed by atoms with Crippen molar-refractivity contribution in [3.63, 3.8) is 0 Å². The summed E-state index contributed by atoms with van der Waals surface area (Å²) in [7, 11) is 0. The molecule has 1 aromatic carbocycles. The number of rotatable bonds is 7. The zero-order chi connectivity index (χ0) is 19.3. The standard InChI is InChI=1S/C17H18ClN3O4S/c1-10(2)21(16(25)11-3-5-12(18)6-4-11)8-14(22)20-17-19-13(9-26-17)7-15(23)24/h3-6,9-10H,7-8H2,1-2H3,(H,23,24)(H,19,20,22). The Hall–Kier alpha value is -2.45. The molecule has 0 aliphatic carbocycles. The predicted octanol–water partition coefficient (Wildman–Crippen LogP) is 2.91. The first kappa shape index (κ1) is 19.9. The number of carbonyl (C=O) groups excluding carboxylic acids is 2. The van der Waals surface area contributed by atoms with Crippen molar-refractivity contribution in [2.75, 3.05) is 11.9 Å². The average Bonchev–Trinajstić information content (AvgIpc) is 2.98. The third-order valence-corrected chi connectivity index (χ3v) is 4.48. The van der Waals surface area contributed by atoms with Crippen molar-refractivity contribution in [3.05, 3.63) is 45.9 Å². The van der Waals surface area contributed by atoms with Crippen LogP contribution in [0.2, 0.25) is 5.02 Å². The minimum atomic E-state index is -0.993. The summed E-state index contributed by atoms with van der Waals surface area (Å²) >= 11 is 6.97. The second kappa shape index (κ2) is 8.77. The van der Waals surface area contributed by atoms with Gasteiger partial charge in [0.05, 0.1) is 12.1 Å². The molecular weight excluding hydrogens is 378 g/mol. The van der Waals surface area contributed by atoms with Gasteiger partial charge in [-0.3, -0.25) is 14.4 Å². The average molecular weight is 396 g/mol. The van der Waals surface area contributed by atoms with Crippen LogP contribution in [-0.4, -0.2) is 45.4 Å². The Kier molecular flexibility index (Phi) is 6.70. The van der Waals surface area contributed by atoms with Crippen LogP contribution in [0.4, 0.5) is 5.13 Å². The Bertz CT molecular complexity index is 805. The monoisotopic (exact) mass is 395 g/mol. The minimum absolute atomic E-state index is 0.146. The highest BCUT2D eigenvalue weighted by molar-refractivity contribution is 7.13. The number of thiazole rings is 1. The normalized spacial score (nSPS) is 10.6. The van der Waals surface area contributed by atoms with E-state index in [2.05, 4.69) is 10.3 Å². The van der Waals surface area contributed by atoms with Crippen LogP contribution < -0.4 is 5.32 Å². The van der Waals surface area contributed by atoms with Gasteiger partial charge < -0.3 is 15.3 Å². The topological polar surface area (TPSA) is 99.6 Å². The first-order chi connectivity index (χ1) is 12.3. The van der Waals surface area contributed by atoms with Crippen molar-refractivity contribution in [2.24, 2.45) is 0 Å². The highest BCUT2D eigenvalue weighted by Crippen LogP contribution is 2.17. The number of anilines is 1. The molecule has 1 aromatic heterocycles. The fourth-order valence-electron chi connectivity index (χ4n) is 2.16. The van der Waals surface area contributed by atoms with Crippen molar-refractivity contribution in [2.45, 2.75) is 26.3 Å². The van der Waals surface area contributed by atoms with E-state index in [1.807, 2.05) is 13.8 Å². The van der Waals surface area contributed by atoms with Gasteiger partial charge in [0.25, 0.3) is 5.91 Å². The van der Waals surface area contributed by atoms with E-state index in [0.29, 0.717) is 21.4 Å². The smallest absolute Gasteiger partial charge is 0.309 e. The van der Waals surface area contributed by atoms with Crippen LogP contribution in [0.25, 0.3) is 0 Å². The van der Waals surface area contributed by atoms with Gasteiger partial charge in [0.15, 0.2) is 5.13 Å². The van der Waals surface area contributed by atoms with Crippen LogP contribution in [0.15, 0.2) is 29.6 Å². The van der Waals surface area contributed by atoms with Gasteiger partial charge in [-0.25, -0.2) is 4.98 Å². The summed E-state index contributed by atoms with van der Waals surface area (Å²) in [6.45, 7) is 3.48. The number of amides is 2. The van der Waals surface area contributed by atoms with Gasteiger partial charge in [0.1, 0.15) is 6.54 Å². The molecule has 0 bridgehead atoms. The van der Waals surface area contributed by atoms with Gasteiger partial charge in [-0.1, -0.05) is 11.6 Å². The molecule has 0 unspecified atom stereocenters. The maximum Gasteiger partial charge on any atom is 0.309 e. The number of nitrogens with one attached hydrogen (secondary N) is 1. The lowest BCUT2D eigenvalue weighted by molar-refractivity contribution is -0.136. The molecule has 0 aliphatic rings. The minimum Gasteiger partial charge on any atom is -0.481 e. The van der Waals surface area contributed by atoms with E-state index in [1.165, 1.54) is 4.90 Å². The number of carbonyl (C=O) groups is 3. The Balaban J connectivity index is 2.03. The number of carboxylic acids is 1. The maximum absolute atomic E-state index is 12.6. The summed E-state index contributed by atoms with van der Waals surface area (Å²) in [4.78, 5) is 41.1. The molecule has 1 heterocycles. The zero-order valence-electron chi connectivity index (χ0n) is 14.2. The summed E-state index contributed by atoms with van der Waals surface area (Å²) in [6, 6.07) is 6.26. The third kappa shape index (κ3) is 5.53. The van der Waals surface area contributed by atoms with E-state index in [9.17, 15) is 14.4 Å². The van der Waals surface area contributed by atoms with Crippen molar-refractivity contribution in [1.29, 1.82) is 0 Å². The predicted molar refractivity (Wildman–Crippen MR) is 99.7 cm³/mol. The quantitative estimate of drug-likeness (QED) is 0.750. The van der Waals surface area contributed by atoms with Crippen LogP contribution in [0.5, 0.6) is 0 Å². The van der Waals surface area contributed by atoms with Gasteiger partial charge in [-0.05, 0) is 38.1 Å². The molecule has 2 N–H and O–H groups in total. The lowest BCUT2D eigenvalue weighted by atomic mass is 10.1. The third-order valence-electron chi connectivity index (χ3n) is 3.42. The Morgan fingerprint density at radius 3 is 2.50 bits per heavy atom. The highest BCUT2D eigenvalue weighted by Gasteiger charge is 2.22. The van der Waals surface area contributed by atoms with Crippen LogP contribution >= 0.6 is 22.9 Å². The van der Waals surface area contributed by atoms with Crippen LogP contribution in [0.3, 0.4) is 0 Å². The molecule has 26 heavy (non-hydrogen) atoms. The fraction of sp³-hybridized carbons (Fsp3) is 0.294. The Labute approximate surface area is 159 Å². The van der Waals surface area contributed by atoms with Crippen molar-refractivity contribution in [1.82, 2.24) is 9.88 Å². The van der Waals surface area contributed by atoms with Crippen LogP contribution in [0.1, 0.15) is 29.9 Å². The van der Waals surface area contributed by atoms with E-state index in [-0.39, 0.29) is 24.9 Å². The van der Waals surface area contributed by atoms with Gasteiger partial charge in [-0.2, -0.15) is 0 Å². The lowest BCUT2D eigenvalue weighted by Gasteiger charge is -2.26. The maximum atomic E-state index is 12.6. The van der Waals surface area contributed by atoms with Crippen molar-refractivity contribution < 1.29 is 19.5 Å². The molecule has 0 saturated heterocycles. The van der Waals surface area contributed by atoms with E-state index >= 15 is 0 Å². The molecule has 0 saturated carbocycles. The molecule has 0 aliphatic heterocycles. The number of benzene rings is 1. The molecule has 0 radical (unpaired) electrons. The molecule has 7 nitrogen and oxygen atoms in total. The number of aromatic nitrogens is 1. The fourth-order valence-corrected chi connectivity index (χ4v) is 3.01. The second-order valence-corrected chi connectivity index (χ2v) is 7.09. The molecule has 9 heteroatoms. The zero-order valence-corrected chi connectivity index (χ0v) is 15.8. The van der Waals surface area contributed by atoms with Gasteiger partial charge >= 0.3 is 5.97 Å².